The van der Waals surface area contributed by atoms with Gasteiger partial charge in [0.25, 0.3) is 0 Å². The average molecular weight is 591 g/mol. The van der Waals surface area contributed by atoms with Gasteiger partial charge in [-0.05, 0) is 81.0 Å². The van der Waals surface area contributed by atoms with E-state index >= 15 is 0 Å². The lowest BCUT2D eigenvalue weighted by molar-refractivity contribution is -0.0328. The standard InChI is InChI=1S/C36H35FN4O3/c1-35(2,3)41(34(42)43)36(16-7-17-36)27-12-10-26(11-13-27)33-28(25-8-5-4-6-9-25)21-29-30(40-33)15-19-38-31(29)23-44-22-24-14-18-39-32(37)20-24/h4-6,8-15,18-21H,7,16-17,22-23H2,1-3H3,(H,42,43). The van der Waals surface area contributed by atoms with Crippen molar-refractivity contribution in [2.75, 3.05) is 0 Å². The molecule has 1 fully saturated rings. The minimum absolute atomic E-state index is 0.233. The van der Waals surface area contributed by atoms with E-state index < -0.39 is 23.1 Å². The number of amides is 1. The Morgan fingerprint density at radius 1 is 0.932 bits per heavy atom. The second kappa shape index (κ2) is 11.8. The first-order chi connectivity index (χ1) is 21.2. The molecule has 224 valence electrons. The third-order valence-corrected chi connectivity index (χ3v) is 8.38. The summed E-state index contributed by atoms with van der Waals surface area (Å²) in [5.74, 6) is -0.539. The van der Waals surface area contributed by atoms with Gasteiger partial charge in [-0.1, -0.05) is 54.6 Å². The predicted octanol–water partition coefficient (Wildman–Crippen LogP) is 8.37. The van der Waals surface area contributed by atoms with Crippen LogP contribution in [0.5, 0.6) is 0 Å². The Hall–Kier alpha value is -4.69. The van der Waals surface area contributed by atoms with Crippen LogP contribution in [0.4, 0.5) is 9.18 Å². The van der Waals surface area contributed by atoms with Gasteiger partial charge in [0, 0.05) is 34.4 Å². The van der Waals surface area contributed by atoms with Crippen LogP contribution in [0.25, 0.3) is 33.3 Å². The number of hydrogen-bond acceptors (Lipinski definition) is 5. The van der Waals surface area contributed by atoms with Crippen molar-refractivity contribution in [3.63, 3.8) is 0 Å². The number of pyridine rings is 3. The summed E-state index contributed by atoms with van der Waals surface area (Å²) in [7, 11) is 0. The van der Waals surface area contributed by atoms with Crippen LogP contribution in [-0.2, 0) is 23.5 Å². The number of carboxylic acid groups (broad SMARTS) is 1. The van der Waals surface area contributed by atoms with Gasteiger partial charge in [0.05, 0.1) is 35.7 Å². The summed E-state index contributed by atoms with van der Waals surface area (Å²) in [6.45, 7) is 6.33. The molecule has 0 bridgehead atoms. The van der Waals surface area contributed by atoms with E-state index in [1.807, 2.05) is 45.0 Å². The number of halogens is 1. The number of hydrogen-bond donors (Lipinski definition) is 1. The Morgan fingerprint density at radius 3 is 2.30 bits per heavy atom. The molecule has 0 atom stereocenters. The van der Waals surface area contributed by atoms with Gasteiger partial charge >= 0.3 is 6.09 Å². The summed E-state index contributed by atoms with van der Waals surface area (Å²) in [4.78, 5) is 27.4. The number of rotatable bonds is 8. The molecule has 1 saturated carbocycles. The van der Waals surface area contributed by atoms with Crippen LogP contribution in [0.15, 0.2) is 91.3 Å². The van der Waals surface area contributed by atoms with Gasteiger partial charge in [0.1, 0.15) is 0 Å². The summed E-state index contributed by atoms with van der Waals surface area (Å²) < 4.78 is 19.4. The van der Waals surface area contributed by atoms with Crippen molar-refractivity contribution in [1.29, 1.82) is 0 Å². The van der Waals surface area contributed by atoms with Crippen LogP contribution >= 0.6 is 0 Å². The maximum atomic E-state index is 13.5. The average Bonchev–Trinajstić information content (AvgIpc) is 2.98. The first kappa shape index (κ1) is 29.4. The molecule has 3 aromatic heterocycles. The normalized spacial score (nSPS) is 14.3. The minimum atomic E-state index is -0.898. The first-order valence-corrected chi connectivity index (χ1v) is 14.8. The van der Waals surface area contributed by atoms with E-state index in [0.717, 1.165) is 63.8 Å². The molecule has 0 spiro atoms. The highest BCUT2D eigenvalue weighted by atomic mass is 19.1. The van der Waals surface area contributed by atoms with Gasteiger partial charge in [0.2, 0.25) is 5.95 Å². The molecule has 1 N–H and O–H groups in total. The van der Waals surface area contributed by atoms with E-state index in [4.69, 9.17) is 9.72 Å². The van der Waals surface area contributed by atoms with Crippen LogP contribution < -0.4 is 0 Å². The largest absolute Gasteiger partial charge is 0.465 e. The number of fused-ring (bicyclic) bond motifs is 1. The fraction of sp³-hybridized carbons (Fsp3) is 0.278. The Balaban J connectivity index is 1.38. The molecule has 1 aliphatic carbocycles. The zero-order valence-electron chi connectivity index (χ0n) is 25.1. The van der Waals surface area contributed by atoms with Crippen molar-refractivity contribution in [3.8, 4) is 22.4 Å². The zero-order valence-corrected chi connectivity index (χ0v) is 25.1. The maximum absolute atomic E-state index is 13.5. The molecule has 7 nitrogen and oxygen atoms in total. The third kappa shape index (κ3) is 5.65. The fourth-order valence-corrected chi connectivity index (χ4v) is 6.33. The highest BCUT2D eigenvalue weighted by molar-refractivity contribution is 5.92. The van der Waals surface area contributed by atoms with Gasteiger partial charge in [-0.3, -0.25) is 9.88 Å². The Bertz CT molecular complexity index is 1800. The van der Waals surface area contributed by atoms with Gasteiger partial charge in [-0.25, -0.2) is 14.8 Å². The van der Waals surface area contributed by atoms with E-state index in [1.54, 1.807) is 17.2 Å². The number of ether oxygens (including phenoxy) is 1. The highest BCUT2D eigenvalue weighted by Gasteiger charge is 2.50. The van der Waals surface area contributed by atoms with E-state index in [0.29, 0.717) is 5.56 Å². The van der Waals surface area contributed by atoms with Crippen molar-refractivity contribution in [2.45, 2.75) is 64.3 Å². The maximum Gasteiger partial charge on any atom is 0.408 e. The quantitative estimate of drug-likeness (QED) is 0.183. The molecule has 2 aromatic carbocycles. The predicted molar refractivity (Wildman–Crippen MR) is 168 cm³/mol. The molecule has 0 aliphatic heterocycles. The molecule has 0 radical (unpaired) electrons. The van der Waals surface area contributed by atoms with Crippen LogP contribution in [-0.4, -0.2) is 36.6 Å². The van der Waals surface area contributed by atoms with Crippen molar-refractivity contribution in [1.82, 2.24) is 19.9 Å². The smallest absolute Gasteiger partial charge is 0.408 e. The van der Waals surface area contributed by atoms with Crippen molar-refractivity contribution in [2.24, 2.45) is 0 Å². The Kier molecular flexibility index (Phi) is 7.86. The van der Waals surface area contributed by atoms with Gasteiger partial charge in [-0.15, -0.1) is 0 Å². The van der Waals surface area contributed by atoms with Crippen LogP contribution in [0.2, 0.25) is 0 Å². The molecule has 1 aliphatic rings. The molecule has 44 heavy (non-hydrogen) atoms. The van der Waals surface area contributed by atoms with E-state index in [1.165, 1.54) is 12.3 Å². The summed E-state index contributed by atoms with van der Waals surface area (Å²) >= 11 is 0. The van der Waals surface area contributed by atoms with Gasteiger partial charge in [0.15, 0.2) is 0 Å². The molecule has 0 saturated heterocycles. The van der Waals surface area contributed by atoms with Crippen molar-refractivity contribution in [3.05, 3.63) is 114 Å². The molecule has 5 aromatic rings. The Morgan fingerprint density at radius 2 is 1.66 bits per heavy atom. The summed E-state index contributed by atoms with van der Waals surface area (Å²) in [6, 6.07) is 25.4. The number of aromatic nitrogens is 3. The molecule has 0 unspecified atom stereocenters. The van der Waals surface area contributed by atoms with Gasteiger partial charge < -0.3 is 9.84 Å². The van der Waals surface area contributed by atoms with E-state index in [-0.39, 0.29) is 13.2 Å². The lowest BCUT2D eigenvalue weighted by Crippen LogP contribution is -2.60. The van der Waals surface area contributed by atoms with Crippen molar-refractivity contribution < 1.29 is 19.0 Å². The zero-order chi connectivity index (χ0) is 30.9. The number of benzene rings is 2. The molecular formula is C36H35FN4O3. The van der Waals surface area contributed by atoms with Gasteiger partial charge in [-0.2, -0.15) is 4.39 Å². The SMILES string of the molecule is CC(C)(C)N(C(=O)O)C1(c2ccc(-c3nc4ccnc(COCc5ccnc(F)c5)c4cc3-c3ccccc3)cc2)CCC1. The summed E-state index contributed by atoms with van der Waals surface area (Å²) in [5.41, 5.74) is 5.90. The molecule has 6 rings (SSSR count). The fourth-order valence-electron chi connectivity index (χ4n) is 6.33. The first-order valence-electron chi connectivity index (χ1n) is 14.8. The van der Waals surface area contributed by atoms with Crippen molar-refractivity contribution >= 4 is 17.0 Å². The van der Waals surface area contributed by atoms with E-state index in [2.05, 4.69) is 52.4 Å². The second-order valence-electron chi connectivity index (χ2n) is 12.3. The topological polar surface area (TPSA) is 88.4 Å². The lowest BCUT2D eigenvalue weighted by atomic mass is 9.69. The summed E-state index contributed by atoms with van der Waals surface area (Å²) in [6.07, 6.45) is 4.84. The number of carbonyl (C=O) groups is 1. The monoisotopic (exact) mass is 590 g/mol. The molecule has 3 heterocycles. The molecular weight excluding hydrogens is 555 g/mol. The van der Waals surface area contributed by atoms with Crippen LogP contribution in [0.3, 0.4) is 0 Å². The Labute approximate surface area is 256 Å². The third-order valence-electron chi connectivity index (χ3n) is 8.38. The van der Waals surface area contributed by atoms with Crippen LogP contribution in [0, 0.1) is 5.95 Å². The highest BCUT2D eigenvalue weighted by Crippen LogP contribution is 2.50. The minimum Gasteiger partial charge on any atom is -0.465 e. The lowest BCUT2D eigenvalue weighted by Gasteiger charge is -2.54. The molecule has 1 amide bonds. The van der Waals surface area contributed by atoms with Crippen LogP contribution in [0.1, 0.15) is 56.9 Å². The summed E-state index contributed by atoms with van der Waals surface area (Å²) in [5, 5.41) is 11.1. The second-order valence-corrected chi connectivity index (χ2v) is 12.3. The molecule has 8 heteroatoms. The number of nitrogens with zero attached hydrogens (tertiary/aromatic N) is 4. The van der Waals surface area contributed by atoms with E-state index in [9.17, 15) is 14.3 Å².